The van der Waals surface area contributed by atoms with E-state index >= 15 is 0 Å². The summed E-state index contributed by atoms with van der Waals surface area (Å²) in [5.41, 5.74) is -0.615. The predicted molar refractivity (Wildman–Crippen MR) is 35.1 cm³/mol. The normalized spacial score (nSPS) is 10.7. The maximum atomic E-state index is 9.06. The molecule has 0 amide bonds. The molecule has 0 aromatic rings. The molecule has 0 atom stereocenters. The quantitative estimate of drug-likeness (QED) is 0.477. The number of hydrogen-bond acceptors (Lipinski definition) is 1. The Morgan fingerprint density at radius 2 is 1.89 bits per heavy atom. The van der Waals surface area contributed by atoms with E-state index in [1.54, 1.807) is 13.8 Å². The van der Waals surface area contributed by atoms with Crippen molar-refractivity contribution in [3.8, 4) is 0 Å². The second kappa shape index (κ2) is 6.28. The average Bonchev–Trinajstić information content (AvgIpc) is 1.59. The third-order valence-corrected chi connectivity index (χ3v) is 0.722. The molecule has 0 aliphatic rings. The molecule has 2 nitrogen and oxygen atoms in total. The molecule has 1 N–H and O–H groups in total. The second-order valence-electron chi connectivity index (χ2n) is 2.51. The van der Waals surface area contributed by atoms with Gasteiger partial charge in [-0.25, -0.2) is 0 Å². The zero-order valence-electron chi connectivity index (χ0n) is 6.81. The van der Waals surface area contributed by atoms with Crippen LogP contribution in [0.1, 0.15) is 20.8 Å². The van der Waals surface area contributed by atoms with Gasteiger partial charge in [0.05, 0.1) is 0 Å². The van der Waals surface area contributed by atoms with E-state index in [1.165, 1.54) is 0 Å². The number of likely N-dealkylation sites (N-methyl/N-ethyl adjacent to an activating group) is 1. The van der Waals surface area contributed by atoms with Crippen molar-refractivity contribution in [1.82, 2.24) is 0 Å². The molecule has 50 valence electrons. The summed E-state index contributed by atoms with van der Waals surface area (Å²) in [6, 6.07) is 0. The van der Waals surface area contributed by atoms with Crippen LogP contribution in [-0.2, 0) is 0 Å². The van der Waals surface area contributed by atoms with Crippen LogP contribution in [0.15, 0.2) is 0 Å². The van der Waals surface area contributed by atoms with Crippen molar-refractivity contribution in [1.29, 1.82) is 0 Å². The molecule has 0 saturated carbocycles. The van der Waals surface area contributed by atoms with Crippen LogP contribution < -0.4 is 51.4 Å². The zero-order valence-corrected chi connectivity index (χ0v) is 9.93. The molecule has 0 fully saturated rings. The SMILES string of the molecule is CC[N-]CC(C)(C)O.[K+]. The monoisotopic (exact) mass is 155 g/mol. The van der Waals surface area contributed by atoms with Crippen LogP contribution in [0.3, 0.4) is 0 Å². The van der Waals surface area contributed by atoms with Gasteiger partial charge in [-0.05, 0) is 13.8 Å². The van der Waals surface area contributed by atoms with Gasteiger partial charge in [0.15, 0.2) is 0 Å². The van der Waals surface area contributed by atoms with Gasteiger partial charge in [-0.3, -0.25) is 0 Å². The predicted octanol–water partition coefficient (Wildman–Crippen LogP) is -1.85. The van der Waals surface area contributed by atoms with Crippen LogP contribution in [0, 0.1) is 0 Å². The average molecular weight is 155 g/mol. The summed E-state index contributed by atoms with van der Waals surface area (Å²) in [6.07, 6.45) is 0. The van der Waals surface area contributed by atoms with Gasteiger partial charge in [-0.1, -0.05) is 6.92 Å². The largest absolute Gasteiger partial charge is 1.00 e. The second-order valence-corrected chi connectivity index (χ2v) is 2.51. The van der Waals surface area contributed by atoms with Gasteiger partial charge in [0, 0.05) is 5.60 Å². The van der Waals surface area contributed by atoms with Gasteiger partial charge >= 0.3 is 51.4 Å². The number of aliphatic hydroxyl groups is 1. The fourth-order valence-corrected chi connectivity index (χ4v) is 0.385. The van der Waals surface area contributed by atoms with E-state index in [0.717, 1.165) is 6.54 Å². The van der Waals surface area contributed by atoms with Crippen molar-refractivity contribution < 1.29 is 56.5 Å². The fraction of sp³-hybridized carbons (Fsp3) is 1.00. The molecular formula is C6H14KNO. The summed E-state index contributed by atoms with van der Waals surface area (Å²) in [4.78, 5) is 0. The molecule has 0 aromatic carbocycles. The molecule has 0 aliphatic heterocycles. The Morgan fingerprint density at radius 3 is 2.00 bits per heavy atom. The summed E-state index contributed by atoms with van der Waals surface area (Å²) in [7, 11) is 0. The Balaban J connectivity index is 0. The van der Waals surface area contributed by atoms with Crippen molar-refractivity contribution in [3.63, 3.8) is 0 Å². The molecule has 0 bridgehead atoms. The summed E-state index contributed by atoms with van der Waals surface area (Å²) >= 11 is 0. The van der Waals surface area contributed by atoms with E-state index in [9.17, 15) is 0 Å². The molecular weight excluding hydrogens is 141 g/mol. The fourth-order valence-electron chi connectivity index (χ4n) is 0.385. The van der Waals surface area contributed by atoms with Crippen molar-refractivity contribution in [2.45, 2.75) is 26.4 Å². The minimum absolute atomic E-state index is 0. The molecule has 0 unspecified atom stereocenters. The molecule has 0 saturated heterocycles. The van der Waals surface area contributed by atoms with Crippen LogP contribution >= 0.6 is 0 Å². The maximum Gasteiger partial charge on any atom is 1.00 e. The molecule has 0 aromatic heterocycles. The third-order valence-electron chi connectivity index (χ3n) is 0.722. The van der Waals surface area contributed by atoms with Gasteiger partial charge in [-0.2, -0.15) is 6.54 Å². The molecule has 0 spiro atoms. The molecule has 9 heavy (non-hydrogen) atoms. The minimum Gasteiger partial charge on any atom is -0.660 e. The molecule has 0 radical (unpaired) electrons. The van der Waals surface area contributed by atoms with E-state index in [0.29, 0.717) is 6.54 Å². The summed E-state index contributed by atoms with van der Waals surface area (Å²) in [5.74, 6) is 0. The smallest absolute Gasteiger partial charge is 0.660 e. The van der Waals surface area contributed by atoms with E-state index in [4.69, 9.17) is 5.11 Å². The molecule has 0 heterocycles. The van der Waals surface area contributed by atoms with Gasteiger partial charge < -0.3 is 10.4 Å². The Labute approximate surface area is 99.8 Å². The first-order valence-corrected chi connectivity index (χ1v) is 2.92. The minimum atomic E-state index is -0.615. The van der Waals surface area contributed by atoms with Crippen molar-refractivity contribution in [2.75, 3.05) is 13.1 Å². The van der Waals surface area contributed by atoms with E-state index < -0.39 is 5.60 Å². The van der Waals surface area contributed by atoms with Crippen LogP contribution in [0.2, 0.25) is 0 Å². The van der Waals surface area contributed by atoms with Crippen molar-refractivity contribution in [3.05, 3.63) is 5.32 Å². The van der Waals surface area contributed by atoms with Gasteiger partial charge in [-0.15, -0.1) is 6.54 Å². The number of nitrogens with zero attached hydrogens (tertiary/aromatic N) is 1. The van der Waals surface area contributed by atoms with E-state index in [1.807, 2.05) is 6.92 Å². The topological polar surface area (TPSA) is 34.3 Å². The summed E-state index contributed by atoms with van der Waals surface area (Å²) in [5, 5.41) is 13.0. The third kappa shape index (κ3) is 12.7. The maximum absolute atomic E-state index is 9.06. The standard InChI is InChI=1S/C6H14NO.K/c1-4-7-5-6(2,3)8;/h8H,4-5H2,1-3H3;/q-1;+1. The molecule has 0 rings (SSSR count). The zero-order chi connectivity index (χ0) is 6.62. The van der Waals surface area contributed by atoms with Crippen molar-refractivity contribution in [2.24, 2.45) is 0 Å². The Hall–Kier alpha value is 1.56. The van der Waals surface area contributed by atoms with Crippen LogP contribution in [0.25, 0.3) is 5.32 Å². The first-order valence-electron chi connectivity index (χ1n) is 2.92. The van der Waals surface area contributed by atoms with Gasteiger partial charge in [0.1, 0.15) is 0 Å². The first-order chi connectivity index (χ1) is 3.56. The Bertz CT molecular complexity index is 60.6. The Kier molecular flexibility index (Phi) is 9.19. The summed E-state index contributed by atoms with van der Waals surface area (Å²) < 4.78 is 0. The van der Waals surface area contributed by atoms with Crippen LogP contribution in [0.5, 0.6) is 0 Å². The van der Waals surface area contributed by atoms with E-state index in [2.05, 4.69) is 5.32 Å². The molecule has 3 heteroatoms. The van der Waals surface area contributed by atoms with Gasteiger partial charge in [0.2, 0.25) is 0 Å². The Morgan fingerprint density at radius 1 is 1.44 bits per heavy atom. The number of rotatable bonds is 3. The molecule has 0 aliphatic carbocycles. The first kappa shape index (κ1) is 13.2. The number of hydrogen-bond donors (Lipinski definition) is 1. The van der Waals surface area contributed by atoms with Crippen LogP contribution in [-0.4, -0.2) is 23.8 Å². The van der Waals surface area contributed by atoms with Crippen molar-refractivity contribution >= 4 is 0 Å². The van der Waals surface area contributed by atoms with Gasteiger partial charge in [0.25, 0.3) is 0 Å². The summed E-state index contributed by atoms with van der Waals surface area (Å²) in [6.45, 7) is 6.82. The van der Waals surface area contributed by atoms with Crippen LogP contribution in [0.4, 0.5) is 0 Å². The van der Waals surface area contributed by atoms with E-state index in [-0.39, 0.29) is 51.4 Å².